The van der Waals surface area contributed by atoms with Crippen LogP contribution in [0.15, 0.2) is 61.2 Å². The molecule has 35 heavy (non-hydrogen) atoms. The number of anilines is 2. The Balaban J connectivity index is 1.14. The van der Waals surface area contributed by atoms with Gasteiger partial charge in [-0.05, 0) is 36.2 Å². The van der Waals surface area contributed by atoms with E-state index in [9.17, 15) is 9.18 Å². The molecule has 0 N–H and O–H groups in total. The lowest BCUT2D eigenvalue weighted by atomic mass is 10.2. The number of ether oxygens (including phenoxy) is 1. The highest BCUT2D eigenvalue weighted by Crippen LogP contribution is 2.29. The minimum atomic E-state index is -0.797. The molecule has 0 unspecified atom stereocenters. The van der Waals surface area contributed by atoms with Crippen molar-refractivity contribution in [1.82, 2.24) is 24.5 Å². The summed E-state index contributed by atoms with van der Waals surface area (Å²) in [7, 11) is 1.64. The van der Waals surface area contributed by atoms with Crippen molar-refractivity contribution in [1.29, 1.82) is 0 Å². The van der Waals surface area contributed by atoms with Crippen LogP contribution in [0.1, 0.15) is 28.0 Å². The summed E-state index contributed by atoms with van der Waals surface area (Å²) in [6.07, 6.45) is 6.75. The van der Waals surface area contributed by atoms with Gasteiger partial charge in [-0.25, -0.2) is 14.1 Å². The van der Waals surface area contributed by atoms with Crippen LogP contribution in [0.3, 0.4) is 0 Å². The van der Waals surface area contributed by atoms with E-state index in [0.717, 1.165) is 28.5 Å². The number of alkyl halides is 1. The second-order valence-corrected chi connectivity index (χ2v) is 8.78. The molecule has 1 saturated heterocycles. The first kappa shape index (κ1) is 21.3. The number of rotatable bonds is 6. The van der Waals surface area contributed by atoms with Crippen molar-refractivity contribution < 1.29 is 13.9 Å². The molecule has 0 aliphatic carbocycles. The Kier molecular flexibility index (Phi) is 5.20. The molecule has 1 fully saturated rings. The maximum Gasteiger partial charge on any atom is 0.262 e. The van der Waals surface area contributed by atoms with Gasteiger partial charge < -0.3 is 9.64 Å². The first-order valence-electron chi connectivity index (χ1n) is 11.5. The maximum absolute atomic E-state index is 13.5. The van der Waals surface area contributed by atoms with Gasteiger partial charge in [-0.1, -0.05) is 12.1 Å². The number of fused-ring (bicyclic) bond motifs is 1. The fraction of sp³-hybridized carbons (Fsp3) is 0.280. The van der Waals surface area contributed by atoms with E-state index in [1.54, 1.807) is 40.0 Å². The van der Waals surface area contributed by atoms with Gasteiger partial charge in [0.25, 0.3) is 5.91 Å². The van der Waals surface area contributed by atoms with Gasteiger partial charge in [-0.3, -0.25) is 14.4 Å². The predicted octanol–water partition coefficient (Wildman–Crippen LogP) is 3.23. The van der Waals surface area contributed by atoms with Gasteiger partial charge in [0.15, 0.2) is 0 Å². The number of carbonyl (C=O) groups is 1. The third-order valence-electron chi connectivity index (χ3n) is 6.46. The summed E-state index contributed by atoms with van der Waals surface area (Å²) < 4.78 is 22.2. The van der Waals surface area contributed by atoms with Gasteiger partial charge in [0.1, 0.15) is 17.7 Å². The Hall–Kier alpha value is -4.21. The van der Waals surface area contributed by atoms with E-state index in [1.165, 1.54) is 0 Å². The molecule has 178 valence electrons. The zero-order valence-electron chi connectivity index (χ0n) is 19.2. The molecule has 2 aliphatic rings. The standard InChI is InChI=1S/C25H24FN7O2/c1-35-21-5-2-17(3-6-21)12-31-14-20(11-28-31)32-16-23-22(25(32)34)15-33(29-23)19-4-7-24(27-10-19)30-9-8-18(26)13-30/h2-7,10-11,14-15,18H,8-9,12-13,16H2,1H3/t18-/m0/s1. The number of hydrogen-bond donors (Lipinski definition) is 0. The van der Waals surface area contributed by atoms with E-state index >= 15 is 0 Å². The van der Waals surface area contributed by atoms with Gasteiger partial charge in [0.2, 0.25) is 0 Å². The van der Waals surface area contributed by atoms with Crippen molar-refractivity contribution in [2.24, 2.45) is 0 Å². The number of amides is 1. The average molecular weight is 474 g/mol. The van der Waals surface area contributed by atoms with Crippen LogP contribution in [0.4, 0.5) is 15.9 Å². The molecule has 0 radical (unpaired) electrons. The smallest absolute Gasteiger partial charge is 0.262 e. The molecular formula is C25H24FN7O2. The first-order chi connectivity index (χ1) is 17.1. The highest BCUT2D eigenvalue weighted by atomic mass is 19.1. The molecule has 0 saturated carbocycles. The summed E-state index contributed by atoms with van der Waals surface area (Å²) >= 11 is 0. The van der Waals surface area contributed by atoms with Crippen molar-refractivity contribution >= 4 is 17.4 Å². The Morgan fingerprint density at radius 1 is 1.09 bits per heavy atom. The van der Waals surface area contributed by atoms with Gasteiger partial charge in [-0.15, -0.1) is 0 Å². The second kappa shape index (κ2) is 8.53. The van der Waals surface area contributed by atoms with Crippen LogP contribution in [0.25, 0.3) is 5.69 Å². The van der Waals surface area contributed by atoms with Gasteiger partial charge in [0, 0.05) is 18.9 Å². The number of pyridine rings is 1. The highest BCUT2D eigenvalue weighted by molar-refractivity contribution is 6.09. The molecular weight excluding hydrogens is 449 g/mol. The summed E-state index contributed by atoms with van der Waals surface area (Å²) in [6, 6.07) is 11.6. The van der Waals surface area contributed by atoms with Crippen LogP contribution in [-0.2, 0) is 13.1 Å². The largest absolute Gasteiger partial charge is 0.497 e. The summed E-state index contributed by atoms with van der Waals surface area (Å²) in [5.74, 6) is 1.45. The normalized spacial score (nSPS) is 17.3. The molecule has 0 spiro atoms. The first-order valence-corrected chi connectivity index (χ1v) is 11.5. The number of aromatic nitrogens is 5. The summed E-state index contributed by atoms with van der Waals surface area (Å²) in [4.78, 5) is 21.2. The van der Waals surface area contributed by atoms with Crippen molar-refractivity contribution in [2.75, 3.05) is 30.0 Å². The van der Waals surface area contributed by atoms with Crippen molar-refractivity contribution in [3.8, 4) is 11.4 Å². The molecule has 1 aromatic carbocycles. The van der Waals surface area contributed by atoms with Gasteiger partial charge >= 0.3 is 0 Å². The molecule has 6 rings (SSSR count). The van der Waals surface area contributed by atoms with E-state index in [-0.39, 0.29) is 5.91 Å². The molecule has 2 aliphatic heterocycles. The molecule has 4 aromatic rings. The molecule has 5 heterocycles. The van der Waals surface area contributed by atoms with Crippen LogP contribution < -0.4 is 14.5 Å². The molecule has 3 aromatic heterocycles. The van der Waals surface area contributed by atoms with Crippen LogP contribution in [0, 0.1) is 0 Å². The lowest BCUT2D eigenvalue weighted by molar-refractivity contribution is 0.0996. The SMILES string of the molecule is COc1ccc(Cn2cc(N3Cc4nn(-c5ccc(N6CC[C@H](F)C6)nc5)cc4C3=O)cn2)cc1. The highest BCUT2D eigenvalue weighted by Gasteiger charge is 2.33. The van der Waals surface area contributed by atoms with E-state index in [0.29, 0.717) is 43.9 Å². The van der Waals surface area contributed by atoms with Gasteiger partial charge in [-0.2, -0.15) is 10.2 Å². The van der Waals surface area contributed by atoms with Crippen LogP contribution in [0.5, 0.6) is 5.75 Å². The van der Waals surface area contributed by atoms with Crippen molar-refractivity contribution in [2.45, 2.75) is 25.7 Å². The molecule has 1 amide bonds. The predicted molar refractivity (Wildman–Crippen MR) is 128 cm³/mol. The average Bonchev–Trinajstić information content (AvgIpc) is 3.66. The zero-order valence-corrected chi connectivity index (χ0v) is 19.2. The van der Waals surface area contributed by atoms with Crippen molar-refractivity contribution in [3.05, 3.63) is 78.0 Å². The molecule has 1 atom stereocenters. The fourth-order valence-electron chi connectivity index (χ4n) is 4.54. The van der Waals surface area contributed by atoms with E-state index < -0.39 is 6.17 Å². The Bertz CT molecular complexity index is 1360. The number of nitrogens with zero attached hydrogens (tertiary/aromatic N) is 7. The van der Waals surface area contributed by atoms with E-state index in [2.05, 4.69) is 15.2 Å². The van der Waals surface area contributed by atoms with E-state index in [4.69, 9.17) is 4.74 Å². The lowest BCUT2D eigenvalue weighted by Gasteiger charge is -2.16. The van der Waals surface area contributed by atoms with Crippen LogP contribution in [0.2, 0.25) is 0 Å². The topological polar surface area (TPSA) is 81.3 Å². The number of halogens is 1. The van der Waals surface area contributed by atoms with Gasteiger partial charge in [0.05, 0.1) is 61.8 Å². The lowest BCUT2D eigenvalue weighted by Crippen LogP contribution is -2.23. The number of carbonyl (C=O) groups excluding carboxylic acids is 1. The van der Waals surface area contributed by atoms with Crippen LogP contribution >= 0.6 is 0 Å². The van der Waals surface area contributed by atoms with Crippen molar-refractivity contribution in [3.63, 3.8) is 0 Å². The minimum absolute atomic E-state index is 0.106. The minimum Gasteiger partial charge on any atom is -0.497 e. The Labute approximate surface area is 201 Å². The molecule has 9 nitrogen and oxygen atoms in total. The maximum atomic E-state index is 13.5. The zero-order chi connectivity index (χ0) is 23.9. The Morgan fingerprint density at radius 2 is 1.94 bits per heavy atom. The molecule has 0 bridgehead atoms. The third-order valence-corrected chi connectivity index (χ3v) is 6.46. The number of hydrogen-bond acceptors (Lipinski definition) is 6. The number of methoxy groups -OCH3 is 1. The molecule has 10 heteroatoms. The van der Waals surface area contributed by atoms with Crippen LogP contribution in [-0.4, -0.2) is 56.8 Å². The quantitative estimate of drug-likeness (QED) is 0.428. The fourth-order valence-corrected chi connectivity index (χ4v) is 4.54. The summed E-state index contributed by atoms with van der Waals surface area (Å²) in [5.41, 5.74) is 3.85. The number of benzene rings is 1. The third kappa shape index (κ3) is 4.01. The summed E-state index contributed by atoms with van der Waals surface area (Å²) in [5, 5.41) is 9.04. The summed E-state index contributed by atoms with van der Waals surface area (Å²) in [6.45, 7) is 2.02. The Morgan fingerprint density at radius 3 is 2.63 bits per heavy atom. The van der Waals surface area contributed by atoms with E-state index in [1.807, 2.05) is 47.5 Å². The monoisotopic (exact) mass is 473 g/mol. The second-order valence-electron chi connectivity index (χ2n) is 8.78.